The summed E-state index contributed by atoms with van der Waals surface area (Å²) in [5, 5.41) is 42.0. The van der Waals surface area contributed by atoms with Gasteiger partial charge >= 0.3 is 6.18 Å². The second-order valence-corrected chi connectivity index (χ2v) is 9.23. The van der Waals surface area contributed by atoms with Crippen molar-refractivity contribution in [2.75, 3.05) is 18.5 Å². The van der Waals surface area contributed by atoms with E-state index in [-0.39, 0.29) is 18.2 Å². The summed E-state index contributed by atoms with van der Waals surface area (Å²) in [6, 6.07) is 4.05. The van der Waals surface area contributed by atoms with Gasteiger partial charge in [0.05, 0.1) is 17.7 Å². The molecule has 2 aromatic heterocycles. The van der Waals surface area contributed by atoms with E-state index >= 15 is 0 Å². The maximum absolute atomic E-state index is 12.9. The van der Waals surface area contributed by atoms with Gasteiger partial charge in [-0.3, -0.25) is 0 Å². The number of alkyl halides is 3. The van der Waals surface area contributed by atoms with E-state index in [1.807, 2.05) is 6.92 Å². The van der Waals surface area contributed by atoms with Crippen molar-refractivity contribution in [3.05, 3.63) is 29.8 Å². The van der Waals surface area contributed by atoms with Gasteiger partial charge in [-0.05, 0) is 48.9 Å². The smallest absolute Gasteiger partial charge is 0.396 e. The second-order valence-electron chi connectivity index (χ2n) is 8.19. The highest BCUT2D eigenvalue weighted by molar-refractivity contribution is 7.99. The second kappa shape index (κ2) is 10.0. The fourth-order valence-electron chi connectivity index (χ4n) is 3.93. The Morgan fingerprint density at radius 3 is 2.50 bits per heavy atom. The molecular formula is C21H25F3N6O3S. The molecule has 1 aliphatic rings. The summed E-state index contributed by atoms with van der Waals surface area (Å²) in [5.74, 6) is -0.0879. The minimum absolute atomic E-state index is 0.265. The first-order valence-electron chi connectivity index (χ1n) is 10.9. The zero-order valence-corrected chi connectivity index (χ0v) is 19.1. The summed E-state index contributed by atoms with van der Waals surface area (Å²) in [5.41, 5.74) is -0.0510. The molecule has 1 saturated carbocycles. The summed E-state index contributed by atoms with van der Waals surface area (Å²) >= 11 is 1.09. The lowest BCUT2D eigenvalue weighted by atomic mass is 10.1. The molecule has 2 heterocycles. The standard InChI is InChI=1S/C21H25F3N6O3S/c1-2-3-8-25-18-15-19(30(29-28-15)14-9-11(10-31)16(32)17(14)33)27-20(26-18)34-13-6-4-12(5-7-13)21(22,23)24/h4-7,11,14,16-17,31-33H,2-3,8-10H2,1H3,(H,25,26,27). The first kappa shape index (κ1) is 24.6. The van der Waals surface area contributed by atoms with Gasteiger partial charge in [-0.25, -0.2) is 14.6 Å². The molecule has 1 aliphatic carbocycles. The molecule has 34 heavy (non-hydrogen) atoms. The summed E-state index contributed by atoms with van der Waals surface area (Å²) in [4.78, 5) is 9.53. The molecule has 1 aromatic carbocycles. The van der Waals surface area contributed by atoms with Crippen LogP contribution in [-0.4, -0.2) is 65.6 Å². The first-order valence-corrected chi connectivity index (χ1v) is 11.7. The number of aliphatic hydroxyl groups excluding tert-OH is 3. The molecule has 0 bridgehead atoms. The van der Waals surface area contributed by atoms with Crippen LogP contribution < -0.4 is 5.32 Å². The fourth-order valence-corrected chi connectivity index (χ4v) is 4.68. The van der Waals surface area contributed by atoms with E-state index in [4.69, 9.17) is 0 Å². The molecule has 0 aliphatic heterocycles. The highest BCUT2D eigenvalue weighted by Crippen LogP contribution is 2.37. The van der Waals surface area contributed by atoms with Crippen LogP contribution in [0.25, 0.3) is 11.2 Å². The van der Waals surface area contributed by atoms with Crippen molar-refractivity contribution in [2.24, 2.45) is 5.92 Å². The van der Waals surface area contributed by atoms with Crippen molar-refractivity contribution >= 4 is 28.7 Å². The van der Waals surface area contributed by atoms with Gasteiger partial charge in [0.2, 0.25) is 0 Å². The molecule has 13 heteroatoms. The number of hydrogen-bond donors (Lipinski definition) is 4. The van der Waals surface area contributed by atoms with Crippen LogP contribution in [0.15, 0.2) is 34.3 Å². The van der Waals surface area contributed by atoms with Crippen LogP contribution >= 0.6 is 11.8 Å². The van der Waals surface area contributed by atoms with E-state index in [0.717, 1.165) is 36.7 Å². The Balaban J connectivity index is 1.70. The molecule has 4 rings (SSSR count). The largest absolute Gasteiger partial charge is 0.416 e. The average molecular weight is 499 g/mol. The SMILES string of the molecule is CCCCNc1nc(Sc2ccc(C(F)(F)F)cc2)nc2c1nnn2C1CC(CO)C(O)C1O. The van der Waals surface area contributed by atoms with E-state index in [9.17, 15) is 28.5 Å². The van der Waals surface area contributed by atoms with Gasteiger partial charge < -0.3 is 20.6 Å². The van der Waals surface area contributed by atoms with Crippen molar-refractivity contribution in [1.29, 1.82) is 0 Å². The molecule has 4 atom stereocenters. The minimum Gasteiger partial charge on any atom is -0.396 e. The number of benzene rings is 1. The van der Waals surface area contributed by atoms with Crippen molar-refractivity contribution < 1.29 is 28.5 Å². The third-order valence-corrected chi connectivity index (χ3v) is 6.71. The third-order valence-electron chi connectivity index (χ3n) is 5.84. The molecular weight excluding hydrogens is 473 g/mol. The quantitative estimate of drug-likeness (QED) is 0.274. The molecule has 0 saturated heterocycles. The summed E-state index contributed by atoms with van der Waals surface area (Å²) in [7, 11) is 0. The molecule has 0 amide bonds. The van der Waals surface area contributed by atoms with Gasteiger partial charge in [0.15, 0.2) is 22.1 Å². The fraction of sp³-hybridized carbons (Fsp3) is 0.524. The van der Waals surface area contributed by atoms with E-state index in [2.05, 4.69) is 25.6 Å². The Kier molecular flexibility index (Phi) is 7.26. The number of aromatic nitrogens is 5. The predicted molar refractivity (Wildman–Crippen MR) is 118 cm³/mol. The van der Waals surface area contributed by atoms with E-state index in [1.54, 1.807) is 0 Å². The van der Waals surface area contributed by atoms with Gasteiger partial charge in [0.1, 0.15) is 6.10 Å². The van der Waals surface area contributed by atoms with Crippen molar-refractivity contribution in [2.45, 2.75) is 60.7 Å². The number of anilines is 1. The van der Waals surface area contributed by atoms with Gasteiger partial charge in [-0.2, -0.15) is 13.2 Å². The molecule has 9 nitrogen and oxygen atoms in total. The number of halogens is 3. The van der Waals surface area contributed by atoms with Crippen molar-refractivity contribution in [1.82, 2.24) is 25.0 Å². The van der Waals surface area contributed by atoms with Gasteiger partial charge in [0, 0.05) is 24.0 Å². The number of unbranched alkanes of at least 4 members (excludes halogenated alkanes) is 1. The molecule has 184 valence electrons. The topological polar surface area (TPSA) is 129 Å². The summed E-state index contributed by atoms with van der Waals surface area (Å²) in [6.45, 7) is 2.39. The average Bonchev–Trinajstić information content (AvgIpc) is 3.34. The molecule has 4 unspecified atom stereocenters. The van der Waals surface area contributed by atoms with Crippen LogP contribution in [0.3, 0.4) is 0 Å². The molecule has 1 fully saturated rings. The van der Waals surface area contributed by atoms with Gasteiger partial charge in [0.25, 0.3) is 0 Å². The van der Waals surface area contributed by atoms with Crippen molar-refractivity contribution in [3.8, 4) is 0 Å². The number of nitrogens with zero attached hydrogens (tertiary/aromatic N) is 5. The molecule has 4 N–H and O–H groups in total. The van der Waals surface area contributed by atoms with E-state index in [0.29, 0.717) is 28.4 Å². The highest BCUT2D eigenvalue weighted by atomic mass is 32.2. The van der Waals surface area contributed by atoms with Crippen LogP contribution in [-0.2, 0) is 6.18 Å². The molecule has 0 radical (unpaired) electrons. The maximum Gasteiger partial charge on any atom is 0.416 e. The summed E-state index contributed by atoms with van der Waals surface area (Å²) < 4.78 is 40.1. The monoisotopic (exact) mass is 498 g/mol. The zero-order chi connectivity index (χ0) is 24.5. The van der Waals surface area contributed by atoms with Gasteiger partial charge in [-0.1, -0.05) is 18.6 Å². The maximum atomic E-state index is 12.9. The highest BCUT2D eigenvalue weighted by Gasteiger charge is 2.43. The number of fused-ring (bicyclic) bond motifs is 1. The van der Waals surface area contributed by atoms with Crippen LogP contribution in [0.1, 0.15) is 37.8 Å². The van der Waals surface area contributed by atoms with Crippen LogP contribution in [0.4, 0.5) is 19.0 Å². The van der Waals surface area contributed by atoms with Crippen molar-refractivity contribution in [3.63, 3.8) is 0 Å². The third kappa shape index (κ3) is 4.97. The van der Waals surface area contributed by atoms with Crippen LogP contribution in [0.2, 0.25) is 0 Å². The predicted octanol–water partition coefficient (Wildman–Crippen LogP) is 2.88. The normalized spacial score (nSPS) is 23.0. The lowest BCUT2D eigenvalue weighted by Gasteiger charge is -2.17. The Morgan fingerprint density at radius 2 is 1.88 bits per heavy atom. The first-order chi connectivity index (χ1) is 16.2. The number of rotatable bonds is 8. The lowest BCUT2D eigenvalue weighted by Crippen LogP contribution is -2.30. The Morgan fingerprint density at radius 1 is 1.15 bits per heavy atom. The lowest BCUT2D eigenvalue weighted by molar-refractivity contribution is -0.137. The van der Waals surface area contributed by atoms with Crippen LogP contribution in [0, 0.1) is 5.92 Å². The number of hydrogen-bond acceptors (Lipinski definition) is 9. The van der Waals surface area contributed by atoms with Crippen LogP contribution in [0.5, 0.6) is 0 Å². The Bertz CT molecular complexity index is 1130. The number of nitrogens with one attached hydrogen (secondary N) is 1. The van der Waals surface area contributed by atoms with E-state index in [1.165, 1.54) is 16.8 Å². The molecule has 3 aromatic rings. The molecule has 0 spiro atoms. The summed E-state index contributed by atoms with van der Waals surface area (Å²) in [6.07, 6.45) is -4.59. The zero-order valence-electron chi connectivity index (χ0n) is 18.3. The number of aliphatic hydroxyl groups is 3. The van der Waals surface area contributed by atoms with Gasteiger partial charge in [-0.15, -0.1) is 5.10 Å². The minimum atomic E-state index is -4.42. The Hall–Kier alpha value is -2.48. The Labute approximate surface area is 197 Å². The van der Waals surface area contributed by atoms with E-state index < -0.39 is 35.9 Å².